The van der Waals surface area contributed by atoms with Crippen molar-refractivity contribution in [3.8, 4) is 22.6 Å². The molecular weight excluding hydrogens is 368 g/mol. The number of rotatable bonds is 4. The van der Waals surface area contributed by atoms with Crippen LogP contribution in [0.4, 0.5) is 0 Å². The Morgan fingerprint density at radius 1 is 0.467 bits per heavy atom. The molecule has 0 amide bonds. The topological polar surface area (TPSA) is 18.5 Å². The van der Waals surface area contributed by atoms with Gasteiger partial charge in [0, 0.05) is 0 Å². The summed E-state index contributed by atoms with van der Waals surface area (Å²) in [5.74, 6) is 1.70. The van der Waals surface area contributed by atoms with Gasteiger partial charge in [-0.2, -0.15) is 0 Å². The Hall–Kier alpha value is -3.78. The van der Waals surface area contributed by atoms with Crippen LogP contribution < -0.4 is 9.47 Å². The zero-order valence-corrected chi connectivity index (χ0v) is 17.1. The van der Waals surface area contributed by atoms with E-state index in [9.17, 15) is 0 Å². The molecule has 30 heavy (non-hydrogen) atoms. The summed E-state index contributed by atoms with van der Waals surface area (Å²) in [5, 5.41) is 0. The number of fused-ring (bicyclic) bond motifs is 3. The molecule has 0 spiro atoms. The van der Waals surface area contributed by atoms with Gasteiger partial charge in [-0.05, 0) is 68.8 Å². The van der Waals surface area contributed by atoms with Gasteiger partial charge < -0.3 is 9.47 Å². The molecule has 2 nitrogen and oxygen atoms in total. The van der Waals surface area contributed by atoms with Crippen molar-refractivity contribution in [3.63, 3.8) is 0 Å². The van der Waals surface area contributed by atoms with Gasteiger partial charge in [-0.3, -0.25) is 0 Å². The number of ether oxygens (including phenoxy) is 2. The van der Waals surface area contributed by atoms with E-state index in [1.807, 2.05) is 24.3 Å². The molecule has 0 saturated carbocycles. The maximum atomic E-state index is 5.39. The molecule has 5 rings (SSSR count). The lowest BCUT2D eigenvalue weighted by Crippen LogP contribution is -1.95. The average molecular weight is 390 g/mol. The largest absolute Gasteiger partial charge is 0.497 e. The zero-order valence-electron chi connectivity index (χ0n) is 17.1. The van der Waals surface area contributed by atoms with Gasteiger partial charge in [0.25, 0.3) is 0 Å². The molecule has 0 aliphatic heterocycles. The maximum absolute atomic E-state index is 5.39. The van der Waals surface area contributed by atoms with Crippen LogP contribution in [0.2, 0.25) is 0 Å². The van der Waals surface area contributed by atoms with E-state index in [0.29, 0.717) is 0 Å². The Labute approximate surface area is 177 Å². The molecule has 0 aromatic heterocycles. The summed E-state index contributed by atoms with van der Waals surface area (Å²) >= 11 is 0. The SMILES string of the molecule is COc1ccc(C(=C2c3ccccc3-c3ccccc32)c2ccc(OC)cc2)cc1. The van der Waals surface area contributed by atoms with Gasteiger partial charge >= 0.3 is 0 Å². The zero-order chi connectivity index (χ0) is 20.5. The van der Waals surface area contributed by atoms with Crippen molar-refractivity contribution in [2.24, 2.45) is 0 Å². The molecule has 0 atom stereocenters. The fraction of sp³-hybridized carbons (Fsp3) is 0.0714. The number of hydrogen-bond acceptors (Lipinski definition) is 2. The van der Waals surface area contributed by atoms with E-state index in [1.54, 1.807) is 14.2 Å². The van der Waals surface area contributed by atoms with Crippen molar-refractivity contribution in [1.29, 1.82) is 0 Å². The van der Waals surface area contributed by atoms with E-state index in [4.69, 9.17) is 9.47 Å². The number of benzene rings is 4. The lowest BCUT2D eigenvalue weighted by molar-refractivity contribution is 0.414. The van der Waals surface area contributed by atoms with Gasteiger partial charge in [0.1, 0.15) is 11.5 Å². The van der Waals surface area contributed by atoms with E-state index < -0.39 is 0 Å². The molecule has 1 aliphatic rings. The first-order chi connectivity index (χ1) is 14.8. The van der Waals surface area contributed by atoms with Gasteiger partial charge in [-0.15, -0.1) is 0 Å². The van der Waals surface area contributed by atoms with Crippen LogP contribution in [0, 0.1) is 0 Å². The minimum atomic E-state index is 0.852. The molecule has 0 radical (unpaired) electrons. The highest BCUT2D eigenvalue weighted by molar-refractivity contribution is 6.13. The van der Waals surface area contributed by atoms with E-state index >= 15 is 0 Å². The molecule has 0 heterocycles. The Morgan fingerprint density at radius 3 is 1.20 bits per heavy atom. The highest BCUT2D eigenvalue weighted by Gasteiger charge is 2.26. The quantitative estimate of drug-likeness (QED) is 0.340. The molecular formula is C28H22O2. The van der Waals surface area contributed by atoms with Crippen LogP contribution >= 0.6 is 0 Å². The average Bonchev–Trinajstić information content (AvgIpc) is 3.15. The molecule has 2 heteroatoms. The van der Waals surface area contributed by atoms with Crippen molar-refractivity contribution in [2.75, 3.05) is 14.2 Å². The molecule has 146 valence electrons. The van der Waals surface area contributed by atoms with Gasteiger partial charge in [-0.1, -0.05) is 72.8 Å². The van der Waals surface area contributed by atoms with E-state index in [-0.39, 0.29) is 0 Å². The van der Waals surface area contributed by atoms with Crippen LogP contribution in [-0.4, -0.2) is 14.2 Å². The van der Waals surface area contributed by atoms with Gasteiger partial charge in [0.15, 0.2) is 0 Å². The van der Waals surface area contributed by atoms with Crippen LogP contribution in [0.15, 0.2) is 97.1 Å². The minimum Gasteiger partial charge on any atom is -0.497 e. The molecule has 1 aliphatic carbocycles. The molecule has 0 fully saturated rings. The highest BCUT2D eigenvalue weighted by Crippen LogP contribution is 2.48. The molecule has 4 aromatic rings. The lowest BCUT2D eigenvalue weighted by Gasteiger charge is -2.16. The first-order valence-electron chi connectivity index (χ1n) is 10.0. The van der Waals surface area contributed by atoms with Crippen molar-refractivity contribution in [2.45, 2.75) is 0 Å². The van der Waals surface area contributed by atoms with Crippen molar-refractivity contribution in [3.05, 3.63) is 119 Å². The summed E-state index contributed by atoms with van der Waals surface area (Å²) in [4.78, 5) is 0. The molecule has 4 aromatic carbocycles. The van der Waals surface area contributed by atoms with Crippen LogP contribution in [0.5, 0.6) is 11.5 Å². The lowest BCUT2D eigenvalue weighted by atomic mass is 9.88. The molecule has 0 N–H and O–H groups in total. The van der Waals surface area contributed by atoms with Crippen molar-refractivity contribution < 1.29 is 9.47 Å². The minimum absolute atomic E-state index is 0.852. The second-order valence-corrected chi connectivity index (χ2v) is 7.30. The smallest absolute Gasteiger partial charge is 0.118 e. The Kier molecular flexibility index (Phi) is 4.61. The third-order valence-electron chi connectivity index (χ3n) is 5.69. The fourth-order valence-electron chi connectivity index (χ4n) is 4.26. The Balaban J connectivity index is 1.84. The standard InChI is InChI=1S/C28H22O2/c1-29-21-15-11-19(12-16-21)27(20-13-17-22(30-2)18-14-20)28-25-9-5-3-7-23(25)24-8-4-6-10-26(24)28/h3-18H,1-2H3. The molecule has 0 bridgehead atoms. The van der Waals surface area contributed by atoms with Gasteiger partial charge in [0.2, 0.25) is 0 Å². The fourth-order valence-corrected chi connectivity index (χ4v) is 4.26. The predicted octanol–water partition coefficient (Wildman–Crippen LogP) is 6.69. The van der Waals surface area contributed by atoms with Gasteiger partial charge in [0.05, 0.1) is 14.2 Å². The highest BCUT2D eigenvalue weighted by atomic mass is 16.5. The molecule has 0 saturated heterocycles. The second kappa shape index (κ2) is 7.57. The summed E-state index contributed by atoms with van der Waals surface area (Å²) in [7, 11) is 3.39. The normalized spacial score (nSPS) is 11.6. The maximum Gasteiger partial charge on any atom is 0.118 e. The third-order valence-corrected chi connectivity index (χ3v) is 5.69. The Morgan fingerprint density at radius 2 is 0.833 bits per heavy atom. The monoisotopic (exact) mass is 390 g/mol. The summed E-state index contributed by atoms with van der Waals surface area (Å²) in [5.41, 5.74) is 9.87. The van der Waals surface area contributed by atoms with Crippen LogP contribution in [-0.2, 0) is 0 Å². The van der Waals surface area contributed by atoms with Crippen molar-refractivity contribution in [1.82, 2.24) is 0 Å². The van der Waals surface area contributed by atoms with E-state index in [2.05, 4.69) is 72.8 Å². The van der Waals surface area contributed by atoms with E-state index in [0.717, 1.165) is 22.6 Å². The third kappa shape index (κ3) is 2.98. The van der Waals surface area contributed by atoms with Crippen molar-refractivity contribution >= 4 is 11.1 Å². The summed E-state index contributed by atoms with van der Waals surface area (Å²) in [6, 6.07) is 33.9. The first kappa shape index (κ1) is 18.3. The summed E-state index contributed by atoms with van der Waals surface area (Å²) < 4.78 is 10.8. The van der Waals surface area contributed by atoms with Crippen LogP contribution in [0.3, 0.4) is 0 Å². The Bertz CT molecular complexity index is 1140. The van der Waals surface area contributed by atoms with Crippen LogP contribution in [0.1, 0.15) is 22.3 Å². The predicted molar refractivity (Wildman–Crippen MR) is 123 cm³/mol. The first-order valence-corrected chi connectivity index (χ1v) is 10.0. The summed E-state index contributed by atoms with van der Waals surface area (Å²) in [6.45, 7) is 0. The summed E-state index contributed by atoms with van der Waals surface area (Å²) in [6.07, 6.45) is 0. The second-order valence-electron chi connectivity index (χ2n) is 7.30. The number of hydrogen-bond donors (Lipinski definition) is 0. The molecule has 0 unspecified atom stereocenters. The van der Waals surface area contributed by atoms with Crippen LogP contribution in [0.25, 0.3) is 22.3 Å². The van der Waals surface area contributed by atoms with E-state index in [1.165, 1.54) is 33.4 Å². The number of methoxy groups -OCH3 is 2. The van der Waals surface area contributed by atoms with Gasteiger partial charge in [-0.25, -0.2) is 0 Å².